The Kier molecular flexibility index (Phi) is 8.43. The molecule has 2 aromatic carbocycles. The van der Waals surface area contributed by atoms with Gasteiger partial charge in [0.05, 0.1) is 36.1 Å². The van der Waals surface area contributed by atoms with Crippen molar-refractivity contribution in [3.63, 3.8) is 0 Å². The van der Waals surface area contributed by atoms with Crippen LogP contribution in [-0.2, 0) is 20.5 Å². The monoisotopic (exact) mass is 587 g/mol. The molecule has 3 atom stereocenters. The number of carbonyl (C=O) groups excluding carboxylic acids is 3. The summed E-state index contributed by atoms with van der Waals surface area (Å²) in [5.74, 6) is -5.94. The summed E-state index contributed by atoms with van der Waals surface area (Å²) in [6.45, 7) is 3.84. The van der Waals surface area contributed by atoms with Gasteiger partial charge in [-0.1, -0.05) is 24.3 Å². The molecule has 2 fully saturated rings. The van der Waals surface area contributed by atoms with E-state index in [2.05, 4.69) is 11.9 Å². The Morgan fingerprint density at radius 1 is 1.05 bits per heavy atom. The maximum atomic E-state index is 14.9. The first-order chi connectivity index (χ1) is 19.2. The van der Waals surface area contributed by atoms with Crippen molar-refractivity contribution in [3.05, 3.63) is 77.6 Å². The smallest absolute Gasteiger partial charge is 0.381 e. The Morgan fingerprint density at radius 2 is 1.73 bits per heavy atom. The van der Waals surface area contributed by atoms with E-state index in [0.717, 1.165) is 17.0 Å². The maximum Gasteiger partial charge on any atom is 0.471 e. The van der Waals surface area contributed by atoms with E-state index in [1.54, 1.807) is 5.32 Å². The number of benzene rings is 2. The van der Waals surface area contributed by atoms with Crippen molar-refractivity contribution in [1.29, 1.82) is 0 Å². The number of nitrogens with zero attached hydrogens (tertiary/aromatic N) is 1. The lowest BCUT2D eigenvalue weighted by Crippen LogP contribution is -2.50. The highest BCUT2D eigenvalue weighted by Gasteiger charge is 2.43. The van der Waals surface area contributed by atoms with Crippen molar-refractivity contribution in [1.82, 2.24) is 10.2 Å². The van der Waals surface area contributed by atoms with Gasteiger partial charge in [-0.25, -0.2) is 4.39 Å². The van der Waals surface area contributed by atoms with Gasteiger partial charge in [0.15, 0.2) is 0 Å². The van der Waals surface area contributed by atoms with Gasteiger partial charge in [-0.2, -0.15) is 26.3 Å². The molecule has 3 amide bonds. The van der Waals surface area contributed by atoms with Crippen LogP contribution < -0.4 is 10.6 Å². The van der Waals surface area contributed by atoms with E-state index in [-0.39, 0.29) is 43.2 Å². The minimum Gasteiger partial charge on any atom is -0.381 e. The molecule has 14 heteroatoms. The third-order valence-corrected chi connectivity index (χ3v) is 6.99. The number of anilines is 1. The summed E-state index contributed by atoms with van der Waals surface area (Å²) in [4.78, 5) is 39.6. The third kappa shape index (κ3) is 6.53. The highest BCUT2D eigenvalue weighted by atomic mass is 19.4. The zero-order valence-corrected chi connectivity index (χ0v) is 21.2. The number of para-hydroxylation sites is 1. The number of hydrogen-bond acceptors (Lipinski definition) is 4. The fraction of sp³-hybridized carbons (Fsp3) is 0.370. The van der Waals surface area contributed by atoms with Gasteiger partial charge in [0.2, 0.25) is 5.91 Å². The maximum absolute atomic E-state index is 14.9. The van der Waals surface area contributed by atoms with Crippen LogP contribution in [0.2, 0.25) is 0 Å². The molecule has 0 radical (unpaired) electrons. The van der Waals surface area contributed by atoms with Crippen LogP contribution in [-0.4, -0.2) is 54.6 Å². The van der Waals surface area contributed by atoms with Crippen molar-refractivity contribution in [3.8, 4) is 0 Å². The predicted molar refractivity (Wildman–Crippen MR) is 131 cm³/mol. The van der Waals surface area contributed by atoms with Gasteiger partial charge in [-0.05, 0) is 36.6 Å². The van der Waals surface area contributed by atoms with Gasteiger partial charge in [0, 0.05) is 18.0 Å². The van der Waals surface area contributed by atoms with Crippen molar-refractivity contribution >= 4 is 23.4 Å². The van der Waals surface area contributed by atoms with Gasteiger partial charge in [-0.3, -0.25) is 14.4 Å². The molecule has 7 nitrogen and oxygen atoms in total. The molecule has 2 saturated heterocycles. The first-order valence-electron chi connectivity index (χ1n) is 12.4. The number of halogens is 7. The topological polar surface area (TPSA) is 87.7 Å². The molecule has 0 saturated carbocycles. The fourth-order valence-corrected chi connectivity index (χ4v) is 4.74. The zero-order valence-electron chi connectivity index (χ0n) is 21.2. The number of carbonyl (C=O) groups is 3. The third-order valence-electron chi connectivity index (χ3n) is 6.99. The first kappa shape index (κ1) is 30.0. The quantitative estimate of drug-likeness (QED) is 0.358. The van der Waals surface area contributed by atoms with Crippen LogP contribution >= 0.6 is 0 Å². The molecule has 0 aliphatic carbocycles. The standard InChI is InChI=1S/C27H24F7N3O4/c1-2-14-9-21(37(11-14)24(39)18-5-3-4-6-20(18)35-25(40)27(32,33)34)23(38)36-22(15-12-41-13-15)17-8-7-16(10-19(17)28)26(29,30)31/h2-8,10,14-15,21-22H,1,9,11-13H2,(H,35,40)(H,36,38)/t14-,21-,22-/m1/s1. The summed E-state index contributed by atoms with van der Waals surface area (Å²) < 4.78 is 97.7. The number of hydrogen-bond donors (Lipinski definition) is 2. The van der Waals surface area contributed by atoms with Crippen LogP contribution in [0.3, 0.4) is 0 Å². The summed E-state index contributed by atoms with van der Waals surface area (Å²) in [7, 11) is 0. The lowest BCUT2D eigenvalue weighted by atomic mass is 9.90. The molecule has 41 heavy (non-hydrogen) atoms. The van der Waals surface area contributed by atoms with Crippen LogP contribution in [0, 0.1) is 17.7 Å². The van der Waals surface area contributed by atoms with Crippen LogP contribution in [0.5, 0.6) is 0 Å². The number of rotatable bonds is 7. The number of amides is 3. The van der Waals surface area contributed by atoms with E-state index in [1.807, 2.05) is 0 Å². The van der Waals surface area contributed by atoms with Gasteiger partial charge >= 0.3 is 18.3 Å². The molecular formula is C27H24F7N3O4. The minimum atomic E-state index is -5.21. The van der Waals surface area contributed by atoms with Gasteiger partial charge in [-0.15, -0.1) is 6.58 Å². The van der Waals surface area contributed by atoms with Gasteiger partial charge in [0.1, 0.15) is 11.9 Å². The molecule has 0 bridgehead atoms. The highest BCUT2D eigenvalue weighted by Crippen LogP contribution is 2.36. The number of nitrogens with one attached hydrogen (secondary N) is 2. The largest absolute Gasteiger partial charge is 0.471 e. The SMILES string of the molecule is C=C[C@@H]1C[C@H](C(=O)N[C@@H](c2ccc(C(F)(F)F)cc2F)C2COC2)N(C(=O)c2ccccc2NC(=O)C(F)(F)F)C1. The molecule has 2 heterocycles. The number of likely N-dealkylation sites (tertiary alicyclic amines) is 1. The van der Waals surface area contributed by atoms with E-state index in [4.69, 9.17) is 4.74 Å². The molecule has 0 spiro atoms. The molecule has 2 aliphatic heterocycles. The zero-order chi connectivity index (χ0) is 30.1. The van der Waals surface area contributed by atoms with E-state index < -0.39 is 65.1 Å². The summed E-state index contributed by atoms with van der Waals surface area (Å²) in [5.41, 5.74) is -2.12. The van der Waals surface area contributed by atoms with E-state index in [0.29, 0.717) is 12.1 Å². The van der Waals surface area contributed by atoms with Crippen molar-refractivity contribution in [2.75, 3.05) is 25.1 Å². The molecular weight excluding hydrogens is 563 g/mol. The Hall–Kier alpha value is -3.94. The summed E-state index contributed by atoms with van der Waals surface area (Å²) in [6, 6.07) is 4.67. The Balaban J connectivity index is 1.61. The summed E-state index contributed by atoms with van der Waals surface area (Å²) in [6.07, 6.45) is -8.43. The fourth-order valence-electron chi connectivity index (χ4n) is 4.74. The second-order valence-corrected chi connectivity index (χ2v) is 9.72. The first-order valence-corrected chi connectivity index (χ1v) is 12.4. The van der Waals surface area contributed by atoms with Gasteiger partial charge < -0.3 is 20.3 Å². The second-order valence-electron chi connectivity index (χ2n) is 9.72. The average molecular weight is 587 g/mol. The van der Waals surface area contributed by atoms with Crippen molar-refractivity contribution < 1.29 is 49.9 Å². The summed E-state index contributed by atoms with van der Waals surface area (Å²) >= 11 is 0. The molecule has 2 aromatic rings. The van der Waals surface area contributed by atoms with Crippen molar-refractivity contribution in [2.45, 2.75) is 30.9 Å². The molecule has 2 N–H and O–H groups in total. The van der Waals surface area contributed by atoms with E-state index >= 15 is 0 Å². The molecule has 220 valence electrons. The normalized spacial score (nSPS) is 20.2. The van der Waals surface area contributed by atoms with E-state index in [1.165, 1.54) is 24.3 Å². The van der Waals surface area contributed by atoms with Gasteiger partial charge in [0.25, 0.3) is 5.91 Å². The Bertz CT molecular complexity index is 1340. The molecule has 0 aromatic heterocycles. The Morgan fingerprint density at radius 3 is 2.29 bits per heavy atom. The van der Waals surface area contributed by atoms with Crippen molar-refractivity contribution in [2.24, 2.45) is 11.8 Å². The minimum absolute atomic E-state index is 0.0339. The molecule has 0 unspecified atom stereocenters. The number of alkyl halides is 6. The van der Waals surface area contributed by atoms with Crippen LogP contribution in [0.15, 0.2) is 55.1 Å². The lowest BCUT2D eigenvalue weighted by Gasteiger charge is -2.36. The molecule has 4 rings (SSSR count). The van der Waals surface area contributed by atoms with Crippen LogP contribution in [0.25, 0.3) is 0 Å². The van der Waals surface area contributed by atoms with E-state index in [9.17, 15) is 45.1 Å². The highest BCUT2D eigenvalue weighted by molar-refractivity contribution is 6.06. The van der Waals surface area contributed by atoms with Crippen LogP contribution in [0.1, 0.15) is 33.9 Å². The second kappa shape index (κ2) is 11.5. The van der Waals surface area contributed by atoms with Crippen LogP contribution in [0.4, 0.5) is 36.4 Å². The number of ether oxygens (including phenoxy) is 1. The molecule has 2 aliphatic rings. The predicted octanol–water partition coefficient (Wildman–Crippen LogP) is 4.87. The lowest BCUT2D eigenvalue weighted by molar-refractivity contribution is -0.167. The Labute approximate surface area is 229 Å². The summed E-state index contributed by atoms with van der Waals surface area (Å²) in [5, 5.41) is 4.30. The average Bonchev–Trinajstić information content (AvgIpc) is 3.31.